The Morgan fingerprint density at radius 3 is 1.07 bits per heavy atom. The van der Waals surface area contributed by atoms with Crippen LogP contribution in [-0.4, -0.2) is 55.5 Å². The molecular weight excluding hydrogens is 542 g/mol. The van der Waals surface area contributed by atoms with Gasteiger partial charge in [0.05, 0.1) is 0 Å². The first-order valence-corrected chi connectivity index (χ1v) is 19.5. The third-order valence-corrected chi connectivity index (χ3v) is 9.11. The highest BCUT2D eigenvalue weighted by atomic mass is 16.2. The summed E-state index contributed by atoms with van der Waals surface area (Å²) in [5, 5.41) is 3.10. The van der Waals surface area contributed by atoms with E-state index in [9.17, 15) is 9.59 Å². The van der Waals surface area contributed by atoms with E-state index < -0.39 is 11.6 Å². The summed E-state index contributed by atoms with van der Waals surface area (Å²) in [5.74, 6) is -0.772. The monoisotopic (exact) mass is 620 g/mol. The minimum atomic E-state index is -0.515. The van der Waals surface area contributed by atoms with Gasteiger partial charge in [0.1, 0.15) is 0 Å². The van der Waals surface area contributed by atoms with Crippen molar-refractivity contribution in [1.29, 1.82) is 0 Å². The highest BCUT2D eigenvalue weighted by Crippen LogP contribution is 2.15. The fraction of sp³-hybridized carbons (Fsp3) is 0.923. The number of nitrogens with zero attached hydrogens (tertiary/aromatic N) is 2. The second-order valence-corrected chi connectivity index (χ2v) is 13.4. The van der Waals surface area contributed by atoms with E-state index in [0.717, 1.165) is 13.0 Å². The van der Waals surface area contributed by atoms with Crippen LogP contribution < -0.4 is 5.32 Å². The van der Waals surface area contributed by atoms with Gasteiger partial charge in [0, 0.05) is 20.5 Å². The van der Waals surface area contributed by atoms with Crippen LogP contribution in [-0.2, 0) is 9.59 Å². The lowest BCUT2D eigenvalue weighted by Crippen LogP contribution is -2.37. The van der Waals surface area contributed by atoms with Gasteiger partial charge in [-0.1, -0.05) is 174 Å². The second kappa shape index (κ2) is 34.6. The van der Waals surface area contributed by atoms with E-state index in [-0.39, 0.29) is 5.84 Å². The van der Waals surface area contributed by atoms with E-state index in [0.29, 0.717) is 6.54 Å². The first-order valence-electron chi connectivity index (χ1n) is 19.5. The first kappa shape index (κ1) is 42.8. The SMILES string of the molecule is CCCCCCCCCCCCCCCCN(CCCCCCCCCCCCCCC)CCCNC(=NC)C(=O)C(C)=O. The first-order chi connectivity index (χ1) is 21.6. The summed E-state index contributed by atoms with van der Waals surface area (Å²) >= 11 is 0. The van der Waals surface area contributed by atoms with Crippen molar-refractivity contribution in [3.63, 3.8) is 0 Å². The van der Waals surface area contributed by atoms with Crippen LogP contribution in [0.4, 0.5) is 0 Å². The molecule has 5 nitrogen and oxygen atoms in total. The molecule has 44 heavy (non-hydrogen) atoms. The van der Waals surface area contributed by atoms with E-state index >= 15 is 0 Å². The minimum Gasteiger partial charge on any atom is -0.367 e. The largest absolute Gasteiger partial charge is 0.367 e. The number of amidine groups is 1. The van der Waals surface area contributed by atoms with E-state index in [1.165, 1.54) is 193 Å². The molecule has 5 heteroatoms. The third-order valence-electron chi connectivity index (χ3n) is 9.11. The van der Waals surface area contributed by atoms with Gasteiger partial charge < -0.3 is 10.2 Å². The lowest BCUT2D eigenvalue weighted by Gasteiger charge is -2.22. The lowest BCUT2D eigenvalue weighted by molar-refractivity contribution is -0.131. The molecule has 0 aromatic rings. The number of hydrogen-bond acceptors (Lipinski definition) is 4. The molecule has 1 N–H and O–H groups in total. The predicted molar refractivity (Wildman–Crippen MR) is 194 cm³/mol. The summed E-state index contributed by atoms with van der Waals surface area (Å²) in [6, 6.07) is 0. The Labute approximate surface area is 275 Å². The van der Waals surface area contributed by atoms with Crippen LogP contribution >= 0.6 is 0 Å². The van der Waals surface area contributed by atoms with Crippen LogP contribution in [0.25, 0.3) is 0 Å². The van der Waals surface area contributed by atoms with Gasteiger partial charge in [0.2, 0.25) is 5.78 Å². The van der Waals surface area contributed by atoms with E-state index in [1.54, 1.807) is 7.05 Å². The number of hydrogen-bond donors (Lipinski definition) is 1. The van der Waals surface area contributed by atoms with Gasteiger partial charge in [-0.25, -0.2) is 0 Å². The number of ketones is 2. The zero-order valence-electron chi connectivity index (χ0n) is 30.3. The van der Waals surface area contributed by atoms with Crippen molar-refractivity contribution in [3.05, 3.63) is 0 Å². The van der Waals surface area contributed by atoms with Crippen LogP contribution in [0.1, 0.15) is 201 Å². The van der Waals surface area contributed by atoms with E-state index in [2.05, 4.69) is 29.1 Å². The second-order valence-electron chi connectivity index (χ2n) is 13.4. The van der Waals surface area contributed by atoms with Crippen molar-refractivity contribution in [1.82, 2.24) is 10.2 Å². The molecule has 0 spiro atoms. The van der Waals surface area contributed by atoms with Gasteiger partial charge in [-0.2, -0.15) is 0 Å². The van der Waals surface area contributed by atoms with Crippen LogP contribution in [0, 0.1) is 0 Å². The average Bonchev–Trinajstić information content (AvgIpc) is 3.02. The van der Waals surface area contributed by atoms with Crippen molar-refractivity contribution < 1.29 is 9.59 Å². The summed E-state index contributed by atoms with van der Waals surface area (Å²) < 4.78 is 0. The van der Waals surface area contributed by atoms with E-state index in [1.807, 2.05) is 0 Å². The highest BCUT2D eigenvalue weighted by molar-refractivity contribution is 6.64. The van der Waals surface area contributed by atoms with Gasteiger partial charge in [0.15, 0.2) is 5.84 Å². The molecule has 0 radical (unpaired) electrons. The summed E-state index contributed by atoms with van der Waals surface area (Å²) in [4.78, 5) is 30.0. The van der Waals surface area contributed by atoms with Crippen molar-refractivity contribution in [2.45, 2.75) is 201 Å². The molecule has 0 saturated carbocycles. The summed E-state index contributed by atoms with van der Waals surface area (Å²) in [5.41, 5.74) is 0. The predicted octanol–water partition coefficient (Wildman–Crippen LogP) is 11.0. The maximum absolute atomic E-state index is 12.0. The molecule has 0 amide bonds. The molecular formula is C39H77N3O2. The Balaban J connectivity index is 4.09. The molecule has 0 rings (SSSR count). The maximum Gasteiger partial charge on any atom is 0.262 e. The Hall–Kier alpha value is -1.23. The molecule has 0 saturated heterocycles. The minimum absolute atomic E-state index is 0.201. The van der Waals surface area contributed by atoms with Crippen LogP contribution in [0.3, 0.4) is 0 Å². The summed E-state index contributed by atoms with van der Waals surface area (Å²) in [6.45, 7) is 9.96. The van der Waals surface area contributed by atoms with Crippen molar-refractivity contribution >= 4 is 17.4 Å². The van der Waals surface area contributed by atoms with Crippen LogP contribution in [0.5, 0.6) is 0 Å². The molecule has 0 heterocycles. The van der Waals surface area contributed by atoms with E-state index in [4.69, 9.17) is 0 Å². The Kier molecular flexibility index (Phi) is 33.7. The molecule has 260 valence electrons. The topological polar surface area (TPSA) is 61.8 Å². The maximum atomic E-state index is 12.0. The average molecular weight is 620 g/mol. The molecule has 0 bridgehead atoms. The Morgan fingerprint density at radius 1 is 0.477 bits per heavy atom. The molecule has 0 aliphatic carbocycles. The zero-order chi connectivity index (χ0) is 32.4. The molecule has 0 aliphatic rings. The molecule has 0 unspecified atom stereocenters. The fourth-order valence-corrected chi connectivity index (χ4v) is 6.16. The van der Waals surface area contributed by atoms with Crippen LogP contribution in [0.15, 0.2) is 4.99 Å². The number of nitrogens with one attached hydrogen (secondary N) is 1. The van der Waals surface area contributed by atoms with Gasteiger partial charge in [-0.05, 0) is 38.9 Å². The Morgan fingerprint density at radius 2 is 0.773 bits per heavy atom. The van der Waals surface area contributed by atoms with Crippen molar-refractivity contribution in [2.75, 3.05) is 33.2 Å². The molecule has 0 aromatic heterocycles. The molecule has 0 aromatic carbocycles. The number of carbonyl (C=O) groups is 2. The van der Waals surface area contributed by atoms with Gasteiger partial charge >= 0.3 is 0 Å². The lowest BCUT2D eigenvalue weighted by atomic mass is 10.0. The van der Waals surface area contributed by atoms with Crippen molar-refractivity contribution in [2.24, 2.45) is 4.99 Å². The highest BCUT2D eigenvalue weighted by Gasteiger charge is 2.15. The standard InChI is InChI=1S/C39H77N3O2/c1-5-7-9-11-13-15-17-19-21-23-25-27-29-31-35-42(36-32-33-41-39(40-4)38(44)37(3)43)34-30-28-26-24-22-20-18-16-14-12-10-8-6-2/h5-36H2,1-4H3,(H,40,41). The summed E-state index contributed by atoms with van der Waals surface area (Å²) in [7, 11) is 1.57. The normalized spacial score (nSPS) is 11.9. The molecule has 0 atom stereocenters. The molecule has 0 aliphatic heterocycles. The summed E-state index contributed by atoms with van der Waals surface area (Å²) in [6.07, 6.45) is 38.6. The van der Waals surface area contributed by atoms with Gasteiger partial charge in [-0.15, -0.1) is 0 Å². The number of unbranched alkanes of at least 4 members (excludes halogenated alkanes) is 25. The number of Topliss-reactive ketones (excluding diaryl/α,β-unsaturated/α-hetero) is 2. The zero-order valence-corrected chi connectivity index (χ0v) is 30.3. The quantitative estimate of drug-likeness (QED) is 0.0332. The smallest absolute Gasteiger partial charge is 0.262 e. The van der Waals surface area contributed by atoms with Gasteiger partial charge in [-0.3, -0.25) is 14.6 Å². The third kappa shape index (κ3) is 29.5. The van der Waals surface area contributed by atoms with Crippen LogP contribution in [0.2, 0.25) is 0 Å². The molecule has 0 fully saturated rings. The fourth-order valence-electron chi connectivity index (χ4n) is 6.16. The van der Waals surface area contributed by atoms with Gasteiger partial charge in [0.25, 0.3) is 5.78 Å². The number of aliphatic imine (C=N–C) groups is 1. The number of carbonyl (C=O) groups excluding carboxylic acids is 2. The van der Waals surface area contributed by atoms with Crippen molar-refractivity contribution in [3.8, 4) is 0 Å². The Bertz CT molecular complexity index is 664. The number of rotatable bonds is 35.